The van der Waals surface area contributed by atoms with Gasteiger partial charge in [0.05, 0.1) is 12.3 Å². The molecule has 6 nitrogen and oxygen atoms in total. The molecule has 2 unspecified atom stereocenters. The number of hydrogen-bond donors (Lipinski definition) is 3. The third kappa shape index (κ3) is 9.08. The van der Waals surface area contributed by atoms with Crippen LogP contribution >= 0.6 is 0 Å². The van der Waals surface area contributed by atoms with Gasteiger partial charge in [-0.15, -0.1) is 0 Å². The molecule has 0 aromatic carbocycles. The van der Waals surface area contributed by atoms with Crippen LogP contribution in [0.1, 0.15) is 27.2 Å². The number of carbonyl (C=O) groups excluding carboxylic acids is 1. The Balaban J connectivity index is 3.79. The van der Waals surface area contributed by atoms with Gasteiger partial charge in [-0.3, -0.25) is 4.79 Å². The van der Waals surface area contributed by atoms with E-state index >= 15 is 0 Å². The Morgan fingerprint density at radius 1 is 1.24 bits per heavy atom. The average Bonchev–Trinajstić information content (AvgIpc) is 2.22. The zero-order valence-corrected chi connectivity index (χ0v) is 11.7. The minimum atomic E-state index is -3.16. The monoisotopic (exact) mass is 265 g/mol. The molecular weight excluding hydrogens is 242 g/mol. The van der Waals surface area contributed by atoms with Crippen LogP contribution in [0.4, 0.5) is 0 Å². The Kier molecular flexibility index (Phi) is 7.33. The van der Waals surface area contributed by atoms with Crippen LogP contribution in [-0.4, -0.2) is 45.8 Å². The van der Waals surface area contributed by atoms with Crippen molar-refractivity contribution < 1.29 is 13.2 Å². The summed E-state index contributed by atoms with van der Waals surface area (Å²) in [5, 5.41) is 5.79. The van der Waals surface area contributed by atoms with Crippen molar-refractivity contribution in [3.05, 3.63) is 0 Å². The number of amides is 1. The second-order valence-corrected chi connectivity index (χ2v) is 5.99. The maximum Gasteiger partial charge on any atom is 0.237 e. The summed E-state index contributed by atoms with van der Waals surface area (Å²) >= 11 is 0. The molecule has 0 aliphatic carbocycles. The molecule has 0 aromatic heterocycles. The summed E-state index contributed by atoms with van der Waals surface area (Å²) in [5.74, 6) is -0.0706. The highest BCUT2D eigenvalue weighted by atomic mass is 32.2. The smallest absolute Gasteiger partial charge is 0.237 e. The highest BCUT2D eigenvalue weighted by Crippen LogP contribution is 1.90. The Labute approximate surface area is 104 Å². The van der Waals surface area contributed by atoms with Gasteiger partial charge in [0.25, 0.3) is 0 Å². The van der Waals surface area contributed by atoms with E-state index in [0.717, 1.165) is 12.7 Å². The van der Waals surface area contributed by atoms with Crippen molar-refractivity contribution in [2.75, 3.05) is 19.3 Å². The standard InChI is InChI=1S/C10H23N3O3S/c1-5-8(2)13-10(14)9(3)11-6-7-12-17(4,15)16/h8-9,11-12H,5-7H2,1-4H3,(H,13,14). The van der Waals surface area contributed by atoms with Gasteiger partial charge in [-0.1, -0.05) is 6.92 Å². The lowest BCUT2D eigenvalue weighted by Gasteiger charge is -2.17. The van der Waals surface area contributed by atoms with Gasteiger partial charge in [0.15, 0.2) is 0 Å². The van der Waals surface area contributed by atoms with Crippen molar-refractivity contribution >= 4 is 15.9 Å². The number of hydrogen-bond acceptors (Lipinski definition) is 4. The molecule has 0 fully saturated rings. The first-order chi connectivity index (χ1) is 7.76. The van der Waals surface area contributed by atoms with E-state index in [2.05, 4.69) is 15.4 Å². The third-order valence-electron chi connectivity index (χ3n) is 2.33. The highest BCUT2D eigenvalue weighted by molar-refractivity contribution is 7.88. The number of sulfonamides is 1. The predicted octanol–water partition coefficient (Wildman–Crippen LogP) is -0.572. The van der Waals surface area contributed by atoms with Gasteiger partial charge in [-0.25, -0.2) is 13.1 Å². The Morgan fingerprint density at radius 2 is 1.82 bits per heavy atom. The van der Waals surface area contributed by atoms with Gasteiger partial charge in [0, 0.05) is 19.1 Å². The van der Waals surface area contributed by atoms with Crippen LogP contribution in [0.15, 0.2) is 0 Å². The van der Waals surface area contributed by atoms with Gasteiger partial charge in [0.1, 0.15) is 0 Å². The van der Waals surface area contributed by atoms with E-state index in [1.165, 1.54) is 0 Å². The molecule has 3 N–H and O–H groups in total. The fraction of sp³-hybridized carbons (Fsp3) is 0.900. The van der Waals surface area contributed by atoms with Crippen LogP contribution in [0.2, 0.25) is 0 Å². The fourth-order valence-corrected chi connectivity index (χ4v) is 1.56. The molecule has 7 heteroatoms. The summed E-state index contributed by atoms with van der Waals surface area (Å²) < 4.78 is 23.9. The molecule has 17 heavy (non-hydrogen) atoms. The SMILES string of the molecule is CCC(C)NC(=O)C(C)NCCNS(C)(=O)=O. The minimum Gasteiger partial charge on any atom is -0.352 e. The van der Waals surface area contributed by atoms with Crippen molar-refractivity contribution in [3.63, 3.8) is 0 Å². The lowest BCUT2D eigenvalue weighted by atomic mass is 10.2. The second kappa shape index (κ2) is 7.62. The number of rotatable bonds is 8. The number of nitrogens with one attached hydrogen (secondary N) is 3. The summed E-state index contributed by atoms with van der Waals surface area (Å²) in [7, 11) is -3.16. The molecule has 0 radical (unpaired) electrons. The van der Waals surface area contributed by atoms with Gasteiger partial charge in [0.2, 0.25) is 15.9 Å². The molecule has 0 saturated heterocycles. The summed E-state index contributed by atoms with van der Waals surface area (Å²) in [6, 6.07) is -0.175. The molecule has 0 spiro atoms. The van der Waals surface area contributed by atoms with Gasteiger partial charge >= 0.3 is 0 Å². The highest BCUT2D eigenvalue weighted by Gasteiger charge is 2.13. The van der Waals surface area contributed by atoms with Gasteiger partial charge in [-0.2, -0.15) is 0 Å². The maximum absolute atomic E-state index is 11.6. The summed E-state index contributed by atoms with van der Waals surface area (Å²) in [5.41, 5.74) is 0. The van der Waals surface area contributed by atoms with E-state index < -0.39 is 10.0 Å². The van der Waals surface area contributed by atoms with Crippen molar-refractivity contribution in [1.29, 1.82) is 0 Å². The van der Waals surface area contributed by atoms with Gasteiger partial charge < -0.3 is 10.6 Å². The van der Waals surface area contributed by atoms with Crippen LogP contribution in [0.3, 0.4) is 0 Å². The van der Waals surface area contributed by atoms with Crippen molar-refractivity contribution in [3.8, 4) is 0 Å². The molecule has 1 amide bonds. The molecule has 0 heterocycles. The average molecular weight is 265 g/mol. The van der Waals surface area contributed by atoms with Crippen LogP contribution in [0.5, 0.6) is 0 Å². The van der Waals surface area contributed by atoms with Crippen molar-refractivity contribution in [2.45, 2.75) is 39.3 Å². The van der Waals surface area contributed by atoms with Crippen LogP contribution < -0.4 is 15.4 Å². The zero-order chi connectivity index (χ0) is 13.5. The Bertz CT molecular complexity index is 330. The van der Waals surface area contributed by atoms with Crippen LogP contribution in [-0.2, 0) is 14.8 Å². The second-order valence-electron chi connectivity index (χ2n) is 4.16. The van der Waals surface area contributed by atoms with Crippen molar-refractivity contribution in [2.24, 2.45) is 0 Å². The third-order valence-corrected chi connectivity index (χ3v) is 3.06. The quantitative estimate of drug-likeness (QED) is 0.513. The van der Waals surface area contributed by atoms with E-state index in [0.29, 0.717) is 6.54 Å². The predicted molar refractivity (Wildman–Crippen MR) is 68.2 cm³/mol. The van der Waals surface area contributed by atoms with Crippen LogP contribution in [0.25, 0.3) is 0 Å². The van der Waals surface area contributed by atoms with E-state index in [1.54, 1.807) is 6.92 Å². The Hall–Kier alpha value is -0.660. The first kappa shape index (κ1) is 16.3. The number of carbonyl (C=O) groups is 1. The minimum absolute atomic E-state index is 0.0706. The first-order valence-electron chi connectivity index (χ1n) is 5.74. The molecule has 2 atom stereocenters. The van der Waals surface area contributed by atoms with E-state index in [-0.39, 0.29) is 24.5 Å². The molecule has 0 rings (SSSR count). The normalized spacial score (nSPS) is 15.3. The summed E-state index contributed by atoms with van der Waals surface area (Å²) in [4.78, 5) is 11.6. The Morgan fingerprint density at radius 3 is 2.29 bits per heavy atom. The maximum atomic E-state index is 11.6. The fourth-order valence-electron chi connectivity index (χ4n) is 1.09. The van der Waals surface area contributed by atoms with Crippen molar-refractivity contribution in [1.82, 2.24) is 15.4 Å². The zero-order valence-electron chi connectivity index (χ0n) is 10.9. The molecular formula is C10H23N3O3S. The largest absolute Gasteiger partial charge is 0.352 e. The molecule has 0 aliphatic rings. The summed E-state index contributed by atoms with van der Waals surface area (Å²) in [6.45, 7) is 6.38. The van der Waals surface area contributed by atoms with Gasteiger partial charge in [-0.05, 0) is 20.3 Å². The van der Waals surface area contributed by atoms with E-state index in [4.69, 9.17) is 0 Å². The molecule has 0 aliphatic heterocycles. The van der Waals surface area contributed by atoms with E-state index in [9.17, 15) is 13.2 Å². The lowest BCUT2D eigenvalue weighted by Crippen LogP contribution is -2.47. The van der Waals surface area contributed by atoms with Crippen LogP contribution in [0, 0.1) is 0 Å². The topological polar surface area (TPSA) is 87.3 Å². The molecule has 0 bridgehead atoms. The first-order valence-corrected chi connectivity index (χ1v) is 7.63. The summed E-state index contributed by atoms with van der Waals surface area (Å²) in [6.07, 6.45) is 1.99. The molecule has 0 saturated carbocycles. The van der Waals surface area contributed by atoms with E-state index in [1.807, 2.05) is 13.8 Å². The lowest BCUT2D eigenvalue weighted by molar-refractivity contribution is -0.123. The molecule has 102 valence electrons. The molecule has 0 aromatic rings.